The Hall–Kier alpha value is -1.90. The summed E-state index contributed by atoms with van der Waals surface area (Å²) in [4.78, 5) is 11.1. The van der Waals surface area contributed by atoms with Crippen molar-refractivity contribution in [2.45, 2.75) is 38.5 Å². The summed E-state index contributed by atoms with van der Waals surface area (Å²) in [6, 6.07) is 4.19. The minimum atomic E-state index is 0.253. The van der Waals surface area contributed by atoms with E-state index in [0.29, 0.717) is 6.54 Å². The van der Waals surface area contributed by atoms with E-state index in [1.54, 1.807) is 7.05 Å². The Morgan fingerprint density at radius 1 is 1.36 bits per heavy atom. The molecule has 0 aliphatic carbocycles. The van der Waals surface area contributed by atoms with Crippen molar-refractivity contribution in [2.24, 2.45) is 4.99 Å². The number of nitrogens with zero attached hydrogens (tertiary/aromatic N) is 3. The van der Waals surface area contributed by atoms with Gasteiger partial charge < -0.3 is 29.7 Å². The Bertz CT molecular complexity index is 604. The van der Waals surface area contributed by atoms with Gasteiger partial charge in [-0.25, -0.2) is 4.98 Å². The molecular weight excluding hydrogens is 358 g/mol. The number of morpholine rings is 1. The molecular formula is C20H33N5O3. The molecule has 1 aromatic rings. The van der Waals surface area contributed by atoms with Gasteiger partial charge in [0.1, 0.15) is 5.82 Å². The molecule has 3 heterocycles. The number of rotatable bonds is 8. The second-order valence-corrected chi connectivity index (χ2v) is 7.21. The van der Waals surface area contributed by atoms with Crippen LogP contribution in [0.1, 0.15) is 25.3 Å². The summed E-state index contributed by atoms with van der Waals surface area (Å²) in [6.45, 7) is 8.42. The number of ether oxygens (including phenoxy) is 3. The van der Waals surface area contributed by atoms with Crippen LogP contribution in [-0.2, 0) is 20.8 Å². The Kier molecular flexibility index (Phi) is 8.32. The van der Waals surface area contributed by atoms with Crippen molar-refractivity contribution in [1.29, 1.82) is 0 Å². The molecule has 2 N–H and O–H groups in total. The third kappa shape index (κ3) is 6.61. The molecule has 2 saturated heterocycles. The first-order chi connectivity index (χ1) is 13.7. The Morgan fingerprint density at radius 2 is 2.29 bits per heavy atom. The van der Waals surface area contributed by atoms with Gasteiger partial charge in [-0.1, -0.05) is 6.07 Å². The van der Waals surface area contributed by atoms with E-state index in [4.69, 9.17) is 14.2 Å². The van der Waals surface area contributed by atoms with Crippen molar-refractivity contribution in [3.8, 4) is 0 Å². The standard InChI is InChI=1S/C20H33N5O3/c1-16-14-25(8-11-27-16)19-5-4-17(12-23-19)13-24-20(21-2)22-7-3-9-28-18-6-10-26-15-18/h4-5,12,16,18H,3,6-11,13-15H2,1-2H3,(H2,21,22,24). The Morgan fingerprint density at radius 3 is 3.00 bits per heavy atom. The SMILES string of the molecule is CN=C(NCCCOC1CCOC1)NCc1ccc(N2CCOC(C)C2)nc1. The van der Waals surface area contributed by atoms with Crippen LogP contribution in [0.25, 0.3) is 0 Å². The van der Waals surface area contributed by atoms with Gasteiger partial charge >= 0.3 is 0 Å². The van der Waals surface area contributed by atoms with Gasteiger partial charge in [-0.05, 0) is 31.4 Å². The zero-order chi connectivity index (χ0) is 19.6. The highest BCUT2D eigenvalue weighted by Crippen LogP contribution is 2.15. The molecule has 0 aromatic carbocycles. The van der Waals surface area contributed by atoms with E-state index in [0.717, 1.165) is 76.2 Å². The number of hydrogen-bond acceptors (Lipinski definition) is 6. The van der Waals surface area contributed by atoms with Gasteiger partial charge in [0.25, 0.3) is 0 Å². The zero-order valence-electron chi connectivity index (χ0n) is 17.0. The lowest BCUT2D eigenvalue weighted by Crippen LogP contribution is -2.41. The summed E-state index contributed by atoms with van der Waals surface area (Å²) in [5, 5.41) is 6.65. The topological polar surface area (TPSA) is 80.2 Å². The quantitative estimate of drug-likeness (QED) is 0.391. The molecule has 2 aliphatic rings. The van der Waals surface area contributed by atoms with Crippen LogP contribution in [0, 0.1) is 0 Å². The maximum absolute atomic E-state index is 5.77. The lowest BCUT2D eigenvalue weighted by molar-refractivity contribution is 0.0420. The molecule has 3 rings (SSSR count). The van der Waals surface area contributed by atoms with Crippen LogP contribution < -0.4 is 15.5 Å². The molecule has 28 heavy (non-hydrogen) atoms. The van der Waals surface area contributed by atoms with Gasteiger partial charge in [-0.3, -0.25) is 4.99 Å². The fraction of sp³-hybridized carbons (Fsp3) is 0.700. The van der Waals surface area contributed by atoms with Crippen LogP contribution in [0.4, 0.5) is 5.82 Å². The first kappa shape index (κ1) is 20.8. The van der Waals surface area contributed by atoms with Gasteiger partial charge in [0, 0.05) is 52.6 Å². The lowest BCUT2D eigenvalue weighted by Gasteiger charge is -2.32. The van der Waals surface area contributed by atoms with E-state index in [1.165, 1.54) is 0 Å². The Balaban J connectivity index is 1.33. The average Bonchev–Trinajstić information content (AvgIpc) is 3.24. The predicted octanol–water partition coefficient (Wildman–Crippen LogP) is 1.17. The first-order valence-electron chi connectivity index (χ1n) is 10.2. The van der Waals surface area contributed by atoms with Gasteiger partial charge in [0.05, 0.1) is 25.4 Å². The summed E-state index contributed by atoms with van der Waals surface area (Å²) in [7, 11) is 1.78. The summed E-state index contributed by atoms with van der Waals surface area (Å²) in [5.74, 6) is 1.80. The van der Waals surface area contributed by atoms with E-state index in [2.05, 4.69) is 44.6 Å². The first-order valence-corrected chi connectivity index (χ1v) is 10.2. The summed E-state index contributed by atoms with van der Waals surface area (Å²) >= 11 is 0. The lowest BCUT2D eigenvalue weighted by atomic mass is 10.2. The minimum Gasteiger partial charge on any atom is -0.379 e. The fourth-order valence-corrected chi connectivity index (χ4v) is 3.31. The predicted molar refractivity (Wildman–Crippen MR) is 110 cm³/mol. The molecule has 156 valence electrons. The van der Waals surface area contributed by atoms with E-state index in [9.17, 15) is 0 Å². The van der Waals surface area contributed by atoms with E-state index in [-0.39, 0.29) is 12.2 Å². The molecule has 0 spiro atoms. The summed E-state index contributed by atoms with van der Waals surface area (Å²) < 4.78 is 16.7. The van der Waals surface area contributed by atoms with Crippen molar-refractivity contribution >= 4 is 11.8 Å². The number of aromatic nitrogens is 1. The van der Waals surface area contributed by atoms with E-state index in [1.807, 2.05) is 6.20 Å². The highest BCUT2D eigenvalue weighted by Gasteiger charge is 2.17. The molecule has 8 heteroatoms. The molecule has 2 fully saturated rings. The number of aliphatic imine (C=N–C) groups is 1. The van der Waals surface area contributed by atoms with Gasteiger partial charge in [-0.15, -0.1) is 0 Å². The molecule has 8 nitrogen and oxygen atoms in total. The van der Waals surface area contributed by atoms with Crippen molar-refractivity contribution in [1.82, 2.24) is 15.6 Å². The number of pyridine rings is 1. The molecule has 0 bridgehead atoms. The molecule has 1 aromatic heterocycles. The van der Waals surface area contributed by atoms with Crippen molar-refractivity contribution in [3.63, 3.8) is 0 Å². The average molecular weight is 392 g/mol. The smallest absolute Gasteiger partial charge is 0.191 e. The van der Waals surface area contributed by atoms with Gasteiger partial charge in [0.2, 0.25) is 0 Å². The zero-order valence-corrected chi connectivity index (χ0v) is 17.0. The van der Waals surface area contributed by atoms with Crippen molar-refractivity contribution in [3.05, 3.63) is 23.9 Å². The van der Waals surface area contributed by atoms with Crippen LogP contribution in [0.5, 0.6) is 0 Å². The second kappa shape index (κ2) is 11.2. The van der Waals surface area contributed by atoms with Crippen LogP contribution in [0.2, 0.25) is 0 Å². The maximum atomic E-state index is 5.77. The van der Waals surface area contributed by atoms with Gasteiger partial charge in [-0.2, -0.15) is 0 Å². The highest BCUT2D eigenvalue weighted by molar-refractivity contribution is 5.79. The minimum absolute atomic E-state index is 0.253. The maximum Gasteiger partial charge on any atom is 0.191 e. The molecule has 2 atom stereocenters. The van der Waals surface area contributed by atoms with Crippen LogP contribution in [0.15, 0.2) is 23.3 Å². The monoisotopic (exact) mass is 391 g/mol. The van der Waals surface area contributed by atoms with Gasteiger partial charge in [0.15, 0.2) is 5.96 Å². The van der Waals surface area contributed by atoms with Crippen LogP contribution >= 0.6 is 0 Å². The summed E-state index contributed by atoms with van der Waals surface area (Å²) in [5.41, 5.74) is 1.12. The molecule has 0 amide bonds. The second-order valence-electron chi connectivity index (χ2n) is 7.21. The fourth-order valence-electron chi connectivity index (χ4n) is 3.31. The Labute approximate surface area is 167 Å². The number of guanidine groups is 1. The van der Waals surface area contributed by atoms with Crippen LogP contribution in [-0.4, -0.2) is 76.3 Å². The normalized spacial score (nSPS) is 23.1. The van der Waals surface area contributed by atoms with E-state index >= 15 is 0 Å². The number of nitrogens with one attached hydrogen (secondary N) is 2. The molecule has 0 radical (unpaired) electrons. The molecule has 2 unspecified atom stereocenters. The largest absolute Gasteiger partial charge is 0.379 e. The number of hydrogen-bond donors (Lipinski definition) is 2. The van der Waals surface area contributed by atoms with Crippen molar-refractivity contribution < 1.29 is 14.2 Å². The third-order valence-electron chi connectivity index (χ3n) is 4.91. The van der Waals surface area contributed by atoms with Crippen LogP contribution in [0.3, 0.4) is 0 Å². The third-order valence-corrected chi connectivity index (χ3v) is 4.91. The summed E-state index contributed by atoms with van der Waals surface area (Å²) in [6.07, 6.45) is 4.39. The van der Waals surface area contributed by atoms with E-state index < -0.39 is 0 Å². The highest BCUT2D eigenvalue weighted by atomic mass is 16.5. The van der Waals surface area contributed by atoms with Crippen molar-refractivity contribution in [2.75, 3.05) is 58.0 Å². The number of anilines is 1. The molecule has 0 saturated carbocycles. The molecule has 2 aliphatic heterocycles.